The lowest BCUT2D eigenvalue weighted by Crippen LogP contribution is -2.08. The minimum absolute atomic E-state index is 0.0913. The van der Waals surface area contributed by atoms with Crippen LogP contribution in [0.25, 0.3) is 21.3 Å². The van der Waals surface area contributed by atoms with Crippen molar-refractivity contribution >= 4 is 33.3 Å². The molecule has 1 aromatic carbocycles. The molecule has 4 nitrogen and oxygen atoms in total. The van der Waals surface area contributed by atoms with Crippen molar-refractivity contribution in [2.45, 2.75) is 5.16 Å². The minimum atomic E-state index is -0.0913. The summed E-state index contributed by atoms with van der Waals surface area (Å²) in [6, 6.07) is 7.66. The molecule has 2 heterocycles. The molecule has 0 aliphatic rings. The topological polar surface area (TPSA) is 55.0 Å². The third kappa shape index (κ3) is 2.21. The van der Waals surface area contributed by atoms with Crippen LogP contribution >= 0.6 is 23.1 Å². The molecule has 3 rings (SSSR count). The van der Waals surface area contributed by atoms with Crippen LogP contribution in [0.2, 0.25) is 0 Å². The van der Waals surface area contributed by atoms with Gasteiger partial charge in [0.1, 0.15) is 10.6 Å². The molecular formula is C14H12N2O2S2. The molecule has 2 aromatic heterocycles. The van der Waals surface area contributed by atoms with Crippen molar-refractivity contribution in [2.75, 3.05) is 13.4 Å². The molecule has 6 heteroatoms. The number of hydrogen-bond acceptors (Lipinski definition) is 5. The molecule has 0 spiro atoms. The van der Waals surface area contributed by atoms with Crippen molar-refractivity contribution in [1.29, 1.82) is 0 Å². The standard InChI is InChI=1S/C14H12N2O2S2/c1-18-9-5-3-8(4-6-9)10-7-20-13-11(10)12(17)15-14(16-13)19-2/h3-7H,1-2H3,(H,15,16,17). The Morgan fingerprint density at radius 2 is 2.05 bits per heavy atom. The summed E-state index contributed by atoms with van der Waals surface area (Å²) in [5.41, 5.74) is 1.81. The van der Waals surface area contributed by atoms with Gasteiger partial charge in [0.15, 0.2) is 5.16 Å². The minimum Gasteiger partial charge on any atom is -0.497 e. The Balaban J connectivity index is 2.19. The van der Waals surface area contributed by atoms with Crippen molar-refractivity contribution in [3.63, 3.8) is 0 Å². The molecule has 20 heavy (non-hydrogen) atoms. The van der Waals surface area contributed by atoms with E-state index in [1.54, 1.807) is 7.11 Å². The van der Waals surface area contributed by atoms with Gasteiger partial charge in [0, 0.05) is 10.9 Å². The molecule has 0 bridgehead atoms. The largest absolute Gasteiger partial charge is 0.497 e. The molecule has 102 valence electrons. The van der Waals surface area contributed by atoms with Gasteiger partial charge in [-0.05, 0) is 24.0 Å². The molecule has 0 saturated carbocycles. The lowest BCUT2D eigenvalue weighted by Gasteiger charge is -2.02. The van der Waals surface area contributed by atoms with Gasteiger partial charge >= 0.3 is 0 Å². The monoisotopic (exact) mass is 304 g/mol. The summed E-state index contributed by atoms with van der Waals surface area (Å²) in [7, 11) is 1.63. The zero-order chi connectivity index (χ0) is 14.1. The molecule has 0 radical (unpaired) electrons. The van der Waals surface area contributed by atoms with Crippen LogP contribution in [0.1, 0.15) is 0 Å². The molecule has 1 N–H and O–H groups in total. The highest BCUT2D eigenvalue weighted by molar-refractivity contribution is 7.98. The van der Waals surface area contributed by atoms with Crippen LogP contribution in [0.4, 0.5) is 0 Å². The van der Waals surface area contributed by atoms with Crippen LogP contribution in [0.5, 0.6) is 5.75 Å². The van der Waals surface area contributed by atoms with Crippen LogP contribution in [0, 0.1) is 0 Å². The summed E-state index contributed by atoms with van der Waals surface area (Å²) in [6.45, 7) is 0. The van der Waals surface area contributed by atoms with Gasteiger partial charge in [0.05, 0.1) is 12.5 Å². The van der Waals surface area contributed by atoms with Gasteiger partial charge in [-0.25, -0.2) is 4.98 Å². The van der Waals surface area contributed by atoms with Crippen molar-refractivity contribution in [2.24, 2.45) is 0 Å². The molecule has 0 amide bonds. The first-order valence-corrected chi connectivity index (χ1v) is 8.03. The van der Waals surface area contributed by atoms with Crippen molar-refractivity contribution in [3.05, 3.63) is 40.0 Å². The Kier molecular flexibility index (Phi) is 3.50. The summed E-state index contributed by atoms with van der Waals surface area (Å²) in [5.74, 6) is 0.796. The number of hydrogen-bond donors (Lipinski definition) is 1. The Labute approximate surface area is 123 Å². The van der Waals surface area contributed by atoms with E-state index in [2.05, 4.69) is 9.97 Å². The van der Waals surface area contributed by atoms with Crippen LogP contribution in [-0.2, 0) is 0 Å². The van der Waals surface area contributed by atoms with E-state index in [0.717, 1.165) is 21.7 Å². The van der Waals surface area contributed by atoms with Gasteiger partial charge in [0.2, 0.25) is 0 Å². The Morgan fingerprint density at radius 1 is 1.30 bits per heavy atom. The number of aromatic amines is 1. The number of aromatic nitrogens is 2. The number of benzene rings is 1. The summed E-state index contributed by atoms with van der Waals surface area (Å²) >= 11 is 2.92. The molecule has 3 aromatic rings. The quantitative estimate of drug-likeness (QED) is 0.595. The summed E-state index contributed by atoms with van der Waals surface area (Å²) < 4.78 is 5.15. The Bertz CT molecular complexity index is 806. The van der Waals surface area contributed by atoms with E-state index < -0.39 is 0 Å². The van der Waals surface area contributed by atoms with Crippen molar-refractivity contribution in [3.8, 4) is 16.9 Å². The van der Waals surface area contributed by atoms with Gasteiger partial charge < -0.3 is 9.72 Å². The SMILES string of the molecule is COc1ccc(-c2csc3nc(SC)[nH]c(=O)c23)cc1. The van der Waals surface area contributed by atoms with Crippen LogP contribution < -0.4 is 10.3 Å². The van der Waals surface area contributed by atoms with Crippen LogP contribution in [-0.4, -0.2) is 23.3 Å². The van der Waals surface area contributed by atoms with E-state index in [-0.39, 0.29) is 5.56 Å². The lowest BCUT2D eigenvalue weighted by molar-refractivity contribution is 0.415. The molecule has 0 fully saturated rings. The average Bonchev–Trinajstić information content (AvgIpc) is 2.91. The second kappa shape index (κ2) is 5.30. The fraction of sp³-hybridized carbons (Fsp3) is 0.143. The number of nitrogens with zero attached hydrogens (tertiary/aromatic N) is 1. The average molecular weight is 304 g/mol. The summed E-state index contributed by atoms with van der Waals surface area (Å²) in [4.78, 5) is 20.2. The van der Waals surface area contributed by atoms with E-state index in [1.165, 1.54) is 23.1 Å². The summed E-state index contributed by atoms with van der Waals surface area (Å²) in [5, 5.41) is 3.27. The first-order chi connectivity index (χ1) is 9.72. The normalized spacial score (nSPS) is 10.9. The first-order valence-electron chi connectivity index (χ1n) is 5.93. The van der Waals surface area contributed by atoms with Gasteiger partial charge in [0.25, 0.3) is 5.56 Å². The molecule has 0 unspecified atom stereocenters. The molecule has 0 aliphatic heterocycles. The fourth-order valence-corrected chi connectivity index (χ4v) is 3.39. The number of fused-ring (bicyclic) bond motifs is 1. The number of thiophene rings is 1. The van der Waals surface area contributed by atoms with Gasteiger partial charge in [-0.1, -0.05) is 23.9 Å². The second-order valence-corrected chi connectivity index (χ2v) is 5.79. The van der Waals surface area contributed by atoms with E-state index >= 15 is 0 Å². The van der Waals surface area contributed by atoms with Crippen molar-refractivity contribution < 1.29 is 4.74 Å². The van der Waals surface area contributed by atoms with Gasteiger partial charge in [-0.15, -0.1) is 11.3 Å². The highest BCUT2D eigenvalue weighted by Crippen LogP contribution is 2.32. The molecule has 0 saturated heterocycles. The van der Waals surface area contributed by atoms with E-state index in [9.17, 15) is 4.79 Å². The number of nitrogens with one attached hydrogen (secondary N) is 1. The zero-order valence-electron chi connectivity index (χ0n) is 11.0. The van der Waals surface area contributed by atoms with Gasteiger partial charge in [-0.2, -0.15) is 0 Å². The second-order valence-electron chi connectivity index (χ2n) is 4.13. The third-order valence-electron chi connectivity index (χ3n) is 3.02. The van der Waals surface area contributed by atoms with Crippen LogP contribution in [0.3, 0.4) is 0 Å². The number of H-pyrrole nitrogens is 1. The van der Waals surface area contributed by atoms with E-state index in [0.29, 0.717) is 10.5 Å². The predicted molar refractivity (Wildman–Crippen MR) is 84.0 cm³/mol. The highest BCUT2D eigenvalue weighted by Gasteiger charge is 2.12. The van der Waals surface area contributed by atoms with Crippen molar-refractivity contribution in [1.82, 2.24) is 9.97 Å². The fourth-order valence-electron chi connectivity index (χ4n) is 2.01. The maximum absolute atomic E-state index is 12.2. The maximum Gasteiger partial charge on any atom is 0.260 e. The maximum atomic E-state index is 12.2. The van der Waals surface area contributed by atoms with Crippen LogP contribution in [0.15, 0.2) is 39.6 Å². The molecule has 0 aliphatic carbocycles. The first kappa shape index (κ1) is 13.2. The molecular weight excluding hydrogens is 292 g/mol. The molecule has 0 atom stereocenters. The smallest absolute Gasteiger partial charge is 0.260 e. The number of ether oxygens (including phenoxy) is 1. The number of rotatable bonds is 3. The Hall–Kier alpha value is -1.79. The third-order valence-corrected chi connectivity index (χ3v) is 4.47. The number of thioether (sulfide) groups is 1. The van der Waals surface area contributed by atoms with E-state index in [4.69, 9.17) is 4.74 Å². The highest BCUT2D eigenvalue weighted by atomic mass is 32.2. The predicted octanol–water partition coefficient (Wildman–Crippen LogP) is 3.38. The Morgan fingerprint density at radius 3 is 2.70 bits per heavy atom. The zero-order valence-corrected chi connectivity index (χ0v) is 12.6. The lowest BCUT2D eigenvalue weighted by atomic mass is 10.1. The summed E-state index contributed by atoms with van der Waals surface area (Å²) in [6.07, 6.45) is 1.89. The van der Waals surface area contributed by atoms with E-state index in [1.807, 2.05) is 35.9 Å². The van der Waals surface area contributed by atoms with Gasteiger partial charge in [-0.3, -0.25) is 4.79 Å². The number of methoxy groups -OCH3 is 1.